The van der Waals surface area contributed by atoms with E-state index in [2.05, 4.69) is 15.0 Å². The molecule has 1 aromatic carbocycles. The number of aromatic nitrogens is 2. The van der Waals surface area contributed by atoms with Gasteiger partial charge in [0.05, 0.1) is 17.4 Å². The smallest absolute Gasteiger partial charge is 0.191 e. The van der Waals surface area contributed by atoms with Gasteiger partial charge in [-0.3, -0.25) is 0 Å². The second-order valence-electron chi connectivity index (χ2n) is 3.70. The highest BCUT2D eigenvalue weighted by Crippen LogP contribution is 2.18. The predicted octanol–water partition coefficient (Wildman–Crippen LogP) is 1.72. The highest BCUT2D eigenvalue weighted by molar-refractivity contribution is 5.77. The summed E-state index contributed by atoms with van der Waals surface area (Å²) in [4.78, 5) is 14.4. The first kappa shape index (κ1) is 11.0. The van der Waals surface area contributed by atoms with Crippen molar-refractivity contribution in [1.82, 2.24) is 14.9 Å². The molecule has 0 amide bonds. The number of rotatable bonds is 2. The number of para-hydroxylation sites is 2. The Labute approximate surface area is 99.1 Å². The Bertz CT molecular complexity index is 610. The number of nitrogens with zero attached hydrogens (tertiary/aromatic N) is 5. The summed E-state index contributed by atoms with van der Waals surface area (Å²) in [6.07, 6.45) is 1.60. The first-order valence-corrected chi connectivity index (χ1v) is 5.08. The van der Waals surface area contributed by atoms with Crippen LogP contribution in [0.25, 0.3) is 11.0 Å². The van der Waals surface area contributed by atoms with Crippen molar-refractivity contribution in [2.75, 3.05) is 14.1 Å². The SMILES string of the molecule is CN(C)C=Nc1nc2ccccc2nc1C#N. The summed E-state index contributed by atoms with van der Waals surface area (Å²) >= 11 is 0. The molecule has 0 saturated heterocycles. The van der Waals surface area contributed by atoms with Gasteiger partial charge in [-0.1, -0.05) is 12.1 Å². The van der Waals surface area contributed by atoms with Gasteiger partial charge in [0, 0.05) is 14.1 Å². The van der Waals surface area contributed by atoms with Crippen molar-refractivity contribution in [2.45, 2.75) is 0 Å². The third-order valence-corrected chi connectivity index (χ3v) is 2.07. The first-order valence-electron chi connectivity index (χ1n) is 5.08. The van der Waals surface area contributed by atoms with Crippen molar-refractivity contribution in [3.8, 4) is 6.07 Å². The lowest BCUT2D eigenvalue weighted by atomic mass is 10.3. The summed E-state index contributed by atoms with van der Waals surface area (Å²) < 4.78 is 0. The number of nitriles is 1. The van der Waals surface area contributed by atoms with E-state index in [4.69, 9.17) is 5.26 Å². The Hall–Kier alpha value is -2.48. The number of hydrogen-bond acceptors (Lipinski definition) is 4. The lowest BCUT2D eigenvalue weighted by Gasteiger charge is -2.03. The third-order valence-electron chi connectivity index (χ3n) is 2.07. The first-order chi connectivity index (χ1) is 8.20. The Balaban J connectivity index is 2.58. The van der Waals surface area contributed by atoms with Gasteiger partial charge in [-0.05, 0) is 12.1 Å². The van der Waals surface area contributed by atoms with E-state index < -0.39 is 0 Å². The van der Waals surface area contributed by atoms with Gasteiger partial charge in [0.25, 0.3) is 0 Å². The highest BCUT2D eigenvalue weighted by atomic mass is 15.1. The van der Waals surface area contributed by atoms with Crippen LogP contribution in [0.2, 0.25) is 0 Å². The molecule has 0 fully saturated rings. The van der Waals surface area contributed by atoms with Crippen LogP contribution in [-0.4, -0.2) is 35.3 Å². The number of hydrogen-bond donors (Lipinski definition) is 0. The molecule has 17 heavy (non-hydrogen) atoms. The Morgan fingerprint density at radius 1 is 1.24 bits per heavy atom. The topological polar surface area (TPSA) is 65.2 Å². The second-order valence-corrected chi connectivity index (χ2v) is 3.70. The van der Waals surface area contributed by atoms with Crippen LogP contribution in [0, 0.1) is 11.3 Å². The van der Waals surface area contributed by atoms with E-state index in [9.17, 15) is 0 Å². The van der Waals surface area contributed by atoms with Crippen LogP contribution in [0.3, 0.4) is 0 Å². The minimum atomic E-state index is 0.238. The molecule has 1 heterocycles. The van der Waals surface area contributed by atoms with Crippen molar-refractivity contribution in [3.05, 3.63) is 30.0 Å². The lowest BCUT2D eigenvalue weighted by Crippen LogP contribution is -2.07. The van der Waals surface area contributed by atoms with Gasteiger partial charge in [0.15, 0.2) is 11.5 Å². The molecule has 0 unspecified atom stereocenters. The summed E-state index contributed by atoms with van der Waals surface area (Å²) in [5, 5.41) is 9.00. The van der Waals surface area contributed by atoms with Crippen LogP contribution in [0.4, 0.5) is 5.82 Å². The van der Waals surface area contributed by atoms with Gasteiger partial charge in [-0.2, -0.15) is 5.26 Å². The van der Waals surface area contributed by atoms with E-state index in [1.54, 1.807) is 11.2 Å². The Morgan fingerprint density at radius 3 is 2.47 bits per heavy atom. The van der Waals surface area contributed by atoms with E-state index >= 15 is 0 Å². The van der Waals surface area contributed by atoms with Crippen LogP contribution >= 0.6 is 0 Å². The van der Waals surface area contributed by atoms with Crippen molar-refractivity contribution >= 4 is 23.2 Å². The molecule has 2 aromatic rings. The molecule has 1 aromatic heterocycles. The van der Waals surface area contributed by atoms with E-state index in [-0.39, 0.29) is 5.69 Å². The van der Waals surface area contributed by atoms with Gasteiger partial charge in [0.2, 0.25) is 0 Å². The van der Waals surface area contributed by atoms with Crippen LogP contribution in [0.1, 0.15) is 5.69 Å². The molecule has 5 heteroatoms. The van der Waals surface area contributed by atoms with Gasteiger partial charge in [0.1, 0.15) is 6.07 Å². The van der Waals surface area contributed by atoms with Crippen LogP contribution in [0.5, 0.6) is 0 Å². The fourth-order valence-electron chi connectivity index (χ4n) is 1.33. The Morgan fingerprint density at radius 2 is 1.88 bits per heavy atom. The van der Waals surface area contributed by atoms with Crippen molar-refractivity contribution in [2.24, 2.45) is 4.99 Å². The minimum absolute atomic E-state index is 0.238. The van der Waals surface area contributed by atoms with Gasteiger partial charge >= 0.3 is 0 Å². The monoisotopic (exact) mass is 225 g/mol. The second kappa shape index (κ2) is 4.58. The average Bonchev–Trinajstić information content (AvgIpc) is 2.35. The third kappa shape index (κ3) is 2.37. The number of aliphatic imine (C=N–C) groups is 1. The summed E-state index contributed by atoms with van der Waals surface area (Å²) in [5.74, 6) is 0.347. The maximum Gasteiger partial charge on any atom is 0.191 e. The van der Waals surface area contributed by atoms with Crippen LogP contribution < -0.4 is 0 Å². The normalized spacial score (nSPS) is 10.6. The molecule has 0 spiro atoms. The minimum Gasteiger partial charge on any atom is -0.369 e. The van der Waals surface area contributed by atoms with Crippen LogP contribution in [0.15, 0.2) is 29.3 Å². The zero-order valence-electron chi connectivity index (χ0n) is 9.62. The molecular weight excluding hydrogens is 214 g/mol. The number of fused-ring (bicyclic) bond motifs is 1. The fourth-order valence-corrected chi connectivity index (χ4v) is 1.33. The predicted molar refractivity (Wildman–Crippen MR) is 66.1 cm³/mol. The molecule has 2 rings (SSSR count). The van der Waals surface area contributed by atoms with E-state index in [0.717, 1.165) is 5.52 Å². The van der Waals surface area contributed by atoms with Gasteiger partial charge in [-0.15, -0.1) is 0 Å². The van der Waals surface area contributed by atoms with Crippen LogP contribution in [-0.2, 0) is 0 Å². The van der Waals surface area contributed by atoms with Gasteiger partial charge < -0.3 is 4.90 Å². The zero-order valence-corrected chi connectivity index (χ0v) is 9.62. The molecule has 0 bridgehead atoms. The Kier molecular flexibility index (Phi) is 2.97. The molecule has 0 atom stereocenters. The van der Waals surface area contributed by atoms with Gasteiger partial charge in [-0.25, -0.2) is 15.0 Å². The zero-order chi connectivity index (χ0) is 12.3. The molecule has 0 aliphatic carbocycles. The standard InChI is InChI=1S/C12H11N5/c1-17(2)8-14-12-11(7-13)15-9-5-3-4-6-10(9)16-12/h3-6,8H,1-2H3. The van der Waals surface area contributed by atoms with E-state index in [0.29, 0.717) is 11.3 Å². The van der Waals surface area contributed by atoms with Crippen molar-refractivity contribution in [3.63, 3.8) is 0 Å². The lowest BCUT2D eigenvalue weighted by molar-refractivity contribution is 0.643. The molecule has 0 aliphatic rings. The average molecular weight is 225 g/mol. The summed E-state index contributed by atoms with van der Waals surface area (Å²) in [7, 11) is 3.70. The molecule has 5 nitrogen and oxygen atoms in total. The van der Waals surface area contributed by atoms with E-state index in [1.807, 2.05) is 44.4 Å². The largest absolute Gasteiger partial charge is 0.369 e. The summed E-state index contributed by atoms with van der Waals surface area (Å²) in [5.41, 5.74) is 1.67. The summed E-state index contributed by atoms with van der Waals surface area (Å²) in [6.45, 7) is 0. The summed E-state index contributed by atoms with van der Waals surface area (Å²) in [6, 6.07) is 9.41. The molecule has 0 aliphatic heterocycles. The molecule has 0 N–H and O–H groups in total. The van der Waals surface area contributed by atoms with Crippen molar-refractivity contribution < 1.29 is 0 Å². The highest BCUT2D eigenvalue weighted by Gasteiger charge is 2.06. The molecule has 0 saturated carbocycles. The maximum absolute atomic E-state index is 9.00. The quantitative estimate of drug-likeness (QED) is 0.576. The van der Waals surface area contributed by atoms with E-state index in [1.165, 1.54) is 0 Å². The molecule has 84 valence electrons. The maximum atomic E-state index is 9.00. The number of benzene rings is 1. The molecular formula is C12H11N5. The fraction of sp³-hybridized carbons (Fsp3) is 0.167. The van der Waals surface area contributed by atoms with Crippen molar-refractivity contribution in [1.29, 1.82) is 5.26 Å². The molecule has 0 radical (unpaired) electrons.